The molecule has 0 bridgehead atoms. The van der Waals surface area contributed by atoms with Crippen LogP contribution in [0.25, 0.3) is 0 Å². The lowest BCUT2D eigenvalue weighted by molar-refractivity contribution is -0.112. The first-order valence-corrected chi connectivity index (χ1v) is 12.5. The monoisotopic (exact) mass is 460 g/mol. The summed E-state index contributed by atoms with van der Waals surface area (Å²) in [6.45, 7) is 5.57. The number of thiazole rings is 1. The van der Waals surface area contributed by atoms with Crippen LogP contribution >= 0.6 is 11.3 Å². The smallest absolute Gasteiger partial charge is 0.257 e. The van der Waals surface area contributed by atoms with Gasteiger partial charge in [0.15, 0.2) is 15.0 Å². The lowest BCUT2D eigenvalue weighted by Crippen LogP contribution is -2.15. The van der Waals surface area contributed by atoms with Crippen LogP contribution in [-0.2, 0) is 20.4 Å². The molecule has 1 amide bonds. The van der Waals surface area contributed by atoms with E-state index in [0.29, 0.717) is 11.3 Å². The molecule has 3 rings (SSSR count). The summed E-state index contributed by atoms with van der Waals surface area (Å²) in [5, 5.41) is 2.96. The third-order valence-corrected chi connectivity index (χ3v) is 8.13. The van der Waals surface area contributed by atoms with Gasteiger partial charge in [0.1, 0.15) is 10.0 Å². The Kier molecular flexibility index (Phi) is 7.23. The van der Waals surface area contributed by atoms with Crippen molar-refractivity contribution < 1.29 is 17.6 Å². The zero-order valence-corrected chi connectivity index (χ0v) is 19.3. The highest BCUT2D eigenvalue weighted by molar-refractivity contribution is 7.92. The second-order valence-electron chi connectivity index (χ2n) is 7.67. The highest BCUT2D eigenvalue weighted by Crippen LogP contribution is 2.35. The fourth-order valence-electron chi connectivity index (χ4n) is 3.18. The minimum Gasteiger partial charge on any atom is -0.298 e. The van der Waals surface area contributed by atoms with Crippen molar-refractivity contribution in [3.63, 3.8) is 0 Å². The molecule has 31 heavy (non-hydrogen) atoms. The summed E-state index contributed by atoms with van der Waals surface area (Å²) in [6.07, 6.45) is 9.10. The van der Waals surface area contributed by atoms with Gasteiger partial charge in [-0.3, -0.25) is 10.1 Å². The van der Waals surface area contributed by atoms with Gasteiger partial charge in [0.25, 0.3) is 5.91 Å². The van der Waals surface area contributed by atoms with E-state index in [1.165, 1.54) is 18.2 Å². The molecule has 1 aliphatic carbocycles. The van der Waals surface area contributed by atoms with Crippen LogP contribution in [0.3, 0.4) is 0 Å². The Balaban J connectivity index is 1.92. The van der Waals surface area contributed by atoms with E-state index >= 15 is 0 Å². The number of sulfone groups is 1. The first kappa shape index (κ1) is 23.1. The van der Waals surface area contributed by atoms with Gasteiger partial charge in [-0.1, -0.05) is 67.2 Å². The van der Waals surface area contributed by atoms with E-state index in [9.17, 15) is 17.6 Å². The number of hydrogen-bond donors (Lipinski definition) is 1. The van der Waals surface area contributed by atoms with Crippen LogP contribution in [0.1, 0.15) is 50.8 Å². The number of nitrogens with zero attached hydrogens (tertiary/aromatic N) is 1. The molecule has 1 N–H and O–H groups in total. The SMILES string of the molecule is CC1=C(C(=O)Nc2nc(C(C)C)c(S(=O)(=O)Cc3ccccc3F)s2)C=CC=CCC1. The zero-order valence-electron chi connectivity index (χ0n) is 17.7. The maximum Gasteiger partial charge on any atom is 0.257 e. The van der Waals surface area contributed by atoms with Crippen molar-refractivity contribution in [1.82, 2.24) is 4.98 Å². The number of rotatable bonds is 6. The summed E-state index contributed by atoms with van der Waals surface area (Å²) >= 11 is 0.909. The maximum absolute atomic E-state index is 14.0. The van der Waals surface area contributed by atoms with Crippen LogP contribution < -0.4 is 5.32 Å². The Labute approximate surface area is 186 Å². The molecule has 0 saturated heterocycles. The fourth-order valence-corrected chi connectivity index (χ4v) is 6.33. The fraction of sp³-hybridized carbons (Fsp3) is 0.304. The van der Waals surface area contributed by atoms with Gasteiger partial charge in [-0.2, -0.15) is 0 Å². The van der Waals surface area contributed by atoms with Crippen molar-refractivity contribution in [3.8, 4) is 0 Å². The van der Waals surface area contributed by atoms with Gasteiger partial charge in [-0.05, 0) is 37.8 Å². The summed E-state index contributed by atoms with van der Waals surface area (Å²) in [6, 6.07) is 5.81. The molecule has 164 valence electrons. The Morgan fingerprint density at radius 2 is 2.00 bits per heavy atom. The van der Waals surface area contributed by atoms with Gasteiger partial charge in [0, 0.05) is 11.1 Å². The number of amides is 1. The molecule has 2 aromatic rings. The summed E-state index contributed by atoms with van der Waals surface area (Å²) in [5.41, 5.74) is 1.97. The molecular formula is C23H25FN2O3S2. The van der Waals surface area contributed by atoms with Crippen molar-refractivity contribution in [2.45, 2.75) is 49.5 Å². The number of halogens is 1. The lowest BCUT2D eigenvalue weighted by atomic mass is 10.0. The van der Waals surface area contributed by atoms with E-state index in [-0.39, 0.29) is 26.7 Å². The predicted octanol–water partition coefficient (Wildman–Crippen LogP) is 5.54. The van der Waals surface area contributed by atoms with E-state index in [2.05, 4.69) is 10.3 Å². The first-order valence-electron chi connectivity index (χ1n) is 10.00. The Hall–Kier alpha value is -2.58. The Morgan fingerprint density at radius 3 is 2.71 bits per heavy atom. The van der Waals surface area contributed by atoms with Crippen LogP contribution in [0, 0.1) is 5.82 Å². The van der Waals surface area contributed by atoms with Gasteiger partial charge in [0.2, 0.25) is 0 Å². The van der Waals surface area contributed by atoms with Crippen molar-refractivity contribution >= 4 is 32.2 Å². The van der Waals surface area contributed by atoms with Gasteiger partial charge in [-0.15, -0.1) is 0 Å². The molecular weight excluding hydrogens is 435 g/mol. The topological polar surface area (TPSA) is 76.1 Å². The standard InChI is InChI=1S/C23H25FN2O3S2/c1-15(2)20-22(31(28,29)14-17-11-8-9-13-19(17)24)30-23(25-20)26-21(27)18-12-7-5-4-6-10-16(18)3/h4-5,7-9,11-13,15H,6,10,14H2,1-3H3,(H,25,26,27). The summed E-state index contributed by atoms with van der Waals surface area (Å²) in [7, 11) is -3.84. The molecule has 0 atom stereocenters. The highest BCUT2D eigenvalue weighted by atomic mass is 32.2. The highest BCUT2D eigenvalue weighted by Gasteiger charge is 2.27. The van der Waals surface area contributed by atoms with Crippen molar-refractivity contribution in [3.05, 3.63) is 76.8 Å². The zero-order chi connectivity index (χ0) is 22.6. The number of aromatic nitrogens is 1. The quantitative estimate of drug-likeness (QED) is 0.614. The third-order valence-electron chi connectivity index (χ3n) is 4.87. The second kappa shape index (κ2) is 9.70. The molecule has 0 spiro atoms. The van der Waals surface area contributed by atoms with Crippen LogP contribution in [0.5, 0.6) is 0 Å². The maximum atomic E-state index is 14.0. The molecule has 1 heterocycles. The van der Waals surface area contributed by atoms with Crippen LogP contribution in [0.4, 0.5) is 9.52 Å². The molecule has 0 fully saturated rings. The Morgan fingerprint density at radius 1 is 1.26 bits per heavy atom. The van der Waals surface area contributed by atoms with Gasteiger partial charge >= 0.3 is 0 Å². The van der Waals surface area contributed by atoms with Crippen LogP contribution in [0.2, 0.25) is 0 Å². The van der Waals surface area contributed by atoms with Crippen molar-refractivity contribution in [1.29, 1.82) is 0 Å². The van der Waals surface area contributed by atoms with Crippen LogP contribution in [0.15, 0.2) is 63.9 Å². The van der Waals surface area contributed by atoms with Crippen molar-refractivity contribution in [2.24, 2.45) is 0 Å². The average molecular weight is 461 g/mol. The number of allylic oxidation sites excluding steroid dienone is 4. The first-order chi connectivity index (χ1) is 14.7. The minimum atomic E-state index is -3.84. The minimum absolute atomic E-state index is 0.0582. The van der Waals surface area contributed by atoms with Crippen molar-refractivity contribution in [2.75, 3.05) is 5.32 Å². The third kappa shape index (κ3) is 5.57. The number of hydrogen-bond acceptors (Lipinski definition) is 5. The molecule has 0 saturated carbocycles. The predicted molar refractivity (Wildman–Crippen MR) is 122 cm³/mol. The largest absolute Gasteiger partial charge is 0.298 e. The lowest BCUT2D eigenvalue weighted by Gasteiger charge is -2.09. The molecule has 1 aromatic carbocycles. The molecule has 1 aliphatic rings. The van der Waals surface area contributed by atoms with E-state index < -0.39 is 21.4 Å². The molecule has 0 aliphatic heterocycles. The van der Waals surface area contributed by atoms with E-state index in [4.69, 9.17) is 0 Å². The number of anilines is 1. The Bertz CT molecular complexity index is 1180. The van der Waals surface area contributed by atoms with E-state index in [1.807, 2.05) is 39.0 Å². The van der Waals surface area contributed by atoms with Gasteiger partial charge in [0.05, 0.1) is 11.4 Å². The van der Waals surface area contributed by atoms with E-state index in [1.54, 1.807) is 12.1 Å². The van der Waals surface area contributed by atoms with Gasteiger partial charge in [-0.25, -0.2) is 17.8 Å². The number of benzene rings is 1. The molecule has 5 nitrogen and oxygen atoms in total. The summed E-state index contributed by atoms with van der Waals surface area (Å²) in [5.74, 6) is -1.54. The average Bonchev–Trinajstić information content (AvgIpc) is 3.12. The summed E-state index contributed by atoms with van der Waals surface area (Å²) in [4.78, 5) is 17.2. The normalized spacial score (nSPS) is 14.6. The van der Waals surface area contributed by atoms with E-state index in [0.717, 1.165) is 29.8 Å². The molecule has 0 radical (unpaired) electrons. The summed E-state index contributed by atoms with van der Waals surface area (Å²) < 4.78 is 40.2. The molecule has 0 unspecified atom stereocenters. The van der Waals surface area contributed by atoms with Crippen LogP contribution in [-0.4, -0.2) is 19.3 Å². The van der Waals surface area contributed by atoms with Gasteiger partial charge < -0.3 is 0 Å². The molecule has 8 heteroatoms. The number of nitrogens with one attached hydrogen (secondary N) is 1. The molecule has 1 aromatic heterocycles. The number of carbonyl (C=O) groups is 1. The second-order valence-corrected chi connectivity index (χ2v) is 10.9. The number of carbonyl (C=O) groups excluding carboxylic acids is 1.